The molecule has 7 aromatic carbocycles. The maximum Gasteiger partial charge on any atom is 0.227 e. The zero-order valence-corrected chi connectivity index (χ0v) is 29.5. The minimum atomic E-state index is 0.492. The van der Waals surface area contributed by atoms with E-state index in [0.717, 1.165) is 81.9 Å². The molecule has 7 heteroatoms. The molecule has 0 aliphatic carbocycles. The molecular weight excluding hydrogens is 685 g/mol. The molecule has 0 fully saturated rings. The predicted molar refractivity (Wildman–Crippen MR) is 219 cm³/mol. The van der Waals surface area contributed by atoms with E-state index in [4.69, 9.17) is 28.8 Å². The average molecular weight is 713 g/mol. The number of nitrogens with zero attached hydrogens (tertiary/aromatic N) is 4. The smallest absolute Gasteiger partial charge is 0.227 e. The van der Waals surface area contributed by atoms with Crippen LogP contribution in [0.1, 0.15) is 11.4 Å². The number of benzene rings is 7. The van der Waals surface area contributed by atoms with Crippen LogP contribution in [0.15, 0.2) is 167 Å². The predicted octanol–water partition coefficient (Wildman–Crippen LogP) is 12.5. The summed E-state index contributed by atoms with van der Waals surface area (Å²) in [4.78, 5) is 20.4. The van der Waals surface area contributed by atoms with E-state index in [2.05, 4.69) is 66.7 Å². The minimum absolute atomic E-state index is 0.492. The molecule has 54 heavy (non-hydrogen) atoms. The second kappa shape index (κ2) is 12.3. The number of aromatic nitrogens is 4. The van der Waals surface area contributed by atoms with Crippen molar-refractivity contribution >= 4 is 64.5 Å². The number of hydrogen-bond acceptors (Lipinski definition) is 7. The molecule has 0 unspecified atom stereocenters. The fourth-order valence-electron chi connectivity index (χ4n) is 7.58. The first-order chi connectivity index (χ1) is 26.7. The molecule has 0 saturated carbocycles. The Labute approximate surface area is 313 Å². The molecule has 0 amide bonds. The summed E-state index contributed by atoms with van der Waals surface area (Å²) >= 11 is 1.78. The van der Waals surface area contributed by atoms with Crippen molar-refractivity contribution in [2.75, 3.05) is 0 Å². The quantitative estimate of drug-likeness (QED) is 0.171. The van der Waals surface area contributed by atoms with Gasteiger partial charge in [-0.1, -0.05) is 121 Å². The number of para-hydroxylation sites is 1. The van der Waals surface area contributed by atoms with E-state index in [0.29, 0.717) is 29.8 Å². The van der Waals surface area contributed by atoms with Crippen LogP contribution in [-0.4, -0.2) is 19.9 Å². The van der Waals surface area contributed by atoms with Gasteiger partial charge in [0.05, 0.1) is 0 Å². The van der Waals surface area contributed by atoms with E-state index >= 15 is 0 Å². The molecule has 254 valence electrons. The van der Waals surface area contributed by atoms with Gasteiger partial charge in [-0.2, -0.15) is 0 Å². The summed E-state index contributed by atoms with van der Waals surface area (Å²) in [6.45, 7) is 0. The van der Waals surface area contributed by atoms with E-state index in [1.807, 2.05) is 91.0 Å². The fraction of sp³-hybridized carbons (Fsp3) is 0.0213. The topological polar surface area (TPSA) is 77.8 Å². The normalized spacial score (nSPS) is 11.8. The number of fused-ring (bicyclic) bond motifs is 8. The summed E-state index contributed by atoms with van der Waals surface area (Å²) < 4.78 is 15.2. The lowest BCUT2D eigenvalue weighted by Crippen LogP contribution is -2.05. The SMILES string of the molecule is c1ccc(-c2nc(Cc3ccccc3-c3cc4nc(-c5ccccc5)oc4c4c3sc3ccccc34)nc(-c3cccc4oc5ccccc5c34)n2)cc1. The maximum atomic E-state index is 6.57. The number of rotatable bonds is 6. The van der Waals surface area contributed by atoms with E-state index < -0.39 is 0 Å². The van der Waals surface area contributed by atoms with Gasteiger partial charge in [-0.15, -0.1) is 11.3 Å². The van der Waals surface area contributed by atoms with E-state index in [1.54, 1.807) is 11.3 Å². The summed E-state index contributed by atoms with van der Waals surface area (Å²) in [5.41, 5.74) is 9.35. The molecule has 0 radical (unpaired) electrons. The van der Waals surface area contributed by atoms with Crippen LogP contribution in [0.5, 0.6) is 0 Å². The molecule has 0 saturated heterocycles. The first kappa shape index (κ1) is 30.6. The molecule has 0 aliphatic heterocycles. The van der Waals surface area contributed by atoms with Gasteiger partial charge in [0.15, 0.2) is 17.2 Å². The largest absolute Gasteiger partial charge is 0.456 e. The zero-order valence-electron chi connectivity index (χ0n) is 28.7. The van der Waals surface area contributed by atoms with E-state index in [9.17, 15) is 0 Å². The van der Waals surface area contributed by atoms with Crippen LogP contribution >= 0.6 is 11.3 Å². The Morgan fingerprint density at radius 2 is 1.17 bits per heavy atom. The second-order valence-electron chi connectivity index (χ2n) is 13.3. The molecule has 0 spiro atoms. The van der Waals surface area contributed by atoms with Crippen LogP contribution in [0.3, 0.4) is 0 Å². The number of oxazole rings is 1. The second-order valence-corrected chi connectivity index (χ2v) is 14.4. The van der Waals surface area contributed by atoms with Crippen molar-refractivity contribution in [1.29, 1.82) is 0 Å². The highest BCUT2D eigenvalue weighted by atomic mass is 32.1. The van der Waals surface area contributed by atoms with Gasteiger partial charge in [0.1, 0.15) is 22.5 Å². The zero-order chi connectivity index (χ0) is 35.6. The Hall–Kier alpha value is -6.96. The standard InChI is InChI=1S/C47H28N4O2S/c1-3-14-28(15-4-1)45-49-40(50-46(51-45)34-22-13-24-38-41(34)32-20-9-11-23-37(32)52-38)26-30-18-7-8-19-31(30)35-27-36-43(53-47(48-36)29-16-5-2-6-17-29)42-33-21-10-12-25-39(33)54-44(35)42/h1-25,27H,26H2. The number of furan rings is 1. The summed E-state index contributed by atoms with van der Waals surface area (Å²) in [5.74, 6) is 2.52. The molecular formula is C47H28N4O2S. The monoisotopic (exact) mass is 712 g/mol. The molecule has 0 atom stereocenters. The van der Waals surface area contributed by atoms with Gasteiger partial charge in [-0.25, -0.2) is 19.9 Å². The average Bonchev–Trinajstić information content (AvgIpc) is 3.95. The summed E-state index contributed by atoms with van der Waals surface area (Å²) in [6, 6.07) is 53.6. The van der Waals surface area contributed by atoms with Crippen LogP contribution in [0.4, 0.5) is 0 Å². The van der Waals surface area contributed by atoms with Crippen LogP contribution in [0.25, 0.3) is 98.6 Å². The number of hydrogen-bond donors (Lipinski definition) is 0. The molecule has 0 aliphatic rings. The molecule has 4 aromatic heterocycles. The van der Waals surface area contributed by atoms with Gasteiger partial charge in [-0.05, 0) is 47.5 Å². The highest BCUT2D eigenvalue weighted by Gasteiger charge is 2.22. The van der Waals surface area contributed by atoms with E-state index in [-0.39, 0.29) is 0 Å². The summed E-state index contributed by atoms with van der Waals surface area (Å²) in [6.07, 6.45) is 0.492. The van der Waals surface area contributed by atoms with Gasteiger partial charge in [0, 0.05) is 59.6 Å². The van der Waals surface area contributed by atoms with Crippen LogP contribution in [0.2, 0.25) is 0 Å². The highest BCUT2D eigenvalue weighted by Crippen LogP contribution is 2.46. The Morgan fingerprint density at radius 1 is 0.481 bits per heavy atom. The third-order valence-electron chi connectivity index (χ3n) is 10.0. The Balaban J connectivity index is 1.11. The third kappa shape index (κ3) is 5.01. The third-order valence-corrected chi connectivity index (χ3v) is 11.2. The lowest BCUT2D eigenvalue weighted by molar-refractivity contribution is 0.623. The van der Waals surface area contributed by atoms with Gasteiger partial charge in [0.25, 0.3) is 0 Å². The van der Waals surface area contributed by atoms with Gasteiger partial charge >= 0.3 is 0 Å². The Morgan fingerprint density at radius 3 is 2.04 bits per heavy atom. The number of thiophene rings is 1. The van der Waals surface area contributed by atoms with Crippen molar-refractivity contribution in [3.05, 3.63) is 169 Å². The van der Waals surface area contributed by atoms with Crippen molar-refractivity contribution in [1.82, 2.24) is 19.9 Å². The molecule has 11 aromatic rings. The molecule has 11 rings (SSSR count). The van der Waals surface area contributed by atoms with Crippen molar-refractivity contribution in [3.63, 3.8) is 0 Å². The lowest BCUT2D eigenvalue weighted by atomic mass is 9.95. The minimum Gasteiger partial charge on any atom is -0.456 e. The summed E-state index contributed by atoms with van der Waals surface area (Å²) in [5, 5.41) is 4.27. The van der Waals surface area contributed by atoms with Crippen molar-refractivity contribution < 1.29 is 8.83 Å². The first-order valence-electron chi connectivity index (χ1n) is 17.8. The van der Waals surface area contributed by atoms with E-state index in [1.165, 1.54) is 4.70 Å². The lowest BCUT2D eigenvalue weighted by Gasteiger charge is -2.13. The van der Waals surface area contributed by atoms with Crippen molar-refractivity contribution in [2.45, 2.75) is 6.42 Å². The van der Waals surface area contributed by atoms with Crippen LogP contribution < -0.4 is 0 Å². The van der Waals surface area contributed by atoms with Crippen molar-refractivity contribution in [2.24, 2.45) is 0 Å². The maximum absolute atomic E-state index is 6.57. The first-order valence-corrected chi connectivity index (χ1v) is 18.7. The van der Waals surface area contributed by atoms with Gasteiger partial charge < -0.3 is 8.83 Å². The highest BCUT2D eigenvalue weighted by molar-refractivity contribution is 7.26. The van der Waals surface area contributed by atoms with Gasteiger partial charge in [-0.3, -0.25) is 0 Å². The molecule has 0 N–H and O–H groups in total. The molecule has 0 bridgehead atoms. The van der Waals surface area contributed by atoms with Gasteiger partial charge in [0.2, 0.25) is 5.89 Å². The molecule has 6 nitrogen and oxygen atoms in total. The fourth-order valence-corrected chi connectivity index (χ4v) is 8.81. The summed E-state index contributed by atoms with van der Waals surface area (Å²) in [7, 11) is 0. The Kier molecular flexibility index (Phi) is 7.00. The van der Waals surface area contributed by atoms with Crippen LogP contribution in [-0.2, 0) is 6.42 Å². The Bertz CT molecular complexity index is 3200. The van der Waals surface area contributed by atoms with Crippen molar-refractivity contribution in [3.8, 4) is 45.4 Å². The molecule has 4 heterocycles. The van der Waals surface area contributed by atoms with Crippen LogP contribution in [0, 0.1) is 0 Å².